The molecule has 148 valence electrons. The van der Waals surface area contributed by atoms with Gasteiger partial charge in [0.1, 0.15) is 0 Å². The molecular weight excluding hydrogens is 338 g/mol. The van der Waals surface area contributed by atoms with E-state index in [1.165, 1.54) is 11.3 Å². The second kappa shape index (κ2) is 7.91. The van der Waals surface area contributed by atoms with E-state index in [0.717, 1.165) is 45.6 Å². The van der Waals surface area contributed by atoms with E-state index in [-0.39, 0.29) is 23.1 Å². The largest absolute Gasteiger partial charge is 0.368 e. The van der Waals surface area contributed by atoms with Gasteiger partial charge in [-0.1, -0.05) is 32.9 Å². The number of benzene rings is 1. The molecule has 0 radical (unpaired) electrons. The minimum Gasteiger partial charge on any atom is -0.368 e. The van der Waals surface area contributed by atoms with Gasteiger partial charge in [-0.25, -0.2) is 0 Å². The zero-order valence-corrected chi connectivity index (χ0v) is 17.2. The average molecular weight is 372 g/mol. The summed E-state index contributed by atoms with van der Waals surface area (Å²) in [4.78, 5) is 31.9. The summed E-state index contributed by atoms with van der Waals surface area (Å²) in [7, 11) is 0. The maximum atomic E-state index is 13.0. The molecule has 2 aliphatic rings. The van der Waals surface area contributed by atoms with Crippen molar-refractivity contribution in [2.45, 2.75) is 40.5 Å². The molecule has 2 aliphatic heterocycles. The molecule has 5 nitrogen and oxygen atoms in total. The number of piperidine rings is 1. The van der Waals surface area contributed by atoms with E-state index in [1.54, 1.807) is 0 Å². The quantitative estimate of drug-likeness (QED) is 0.803. The number of likely N-dealkylation sites (tertiary alicyclic amines) is 1. The van der Waals surface area contributed by atoms with Gasteiger partial charge in [0, 0.05) is 50.4 Å². The number of hydrogen-bond acceptors (Lipinski definition) is 3. The molecule has 1 unspecified atom stereocenters. The SMILES string of the molecule is Cc1cccc(N2CCN(C(=O)C3CCCN(C(=O)C(C)(C)C)C3)CC2)c1. The third-order valence-electron chi connectivity index (χ3n) is 5.66. The van der Waals surface area contributed by atoms with Gasteiger partial charge in [-0.2, -0.15) is 0 Å². The maximum Gasteiger partial charge on any atom is 0.227 e. The van der Waals surface area contributed by atoms with Crippen molar-refractivity contribution in [2.75, 3.05) is 44.2 Å². The van der Waals surface area contributed by atoms with Crippen LogP contribution < -0.4 is 4.90 Å². The van der Waals surface area contributed by atoms with Gasteiger partial charge < -0.3 is 14.7 Å². The summed E-state index contributed by atoms with van der Waals surface area (Å²) < 4.78 is 0. The molecule has 0 aromatic heterocycles. The van der Waals surface area contributed by atoms with Gasteiger partial charge in [0.25, 0.3) is 0 Å². The van der Waals surface area contributed by atoms with E-state index in [2.05, 4.69) is 36.1 Å². The molecule has 0 aliphatic carbocycles. The van der Waals surface area contributed by atoms with E-state index in [0.29, 0.717) is 6.54 Å². The highest BCUT2D eigenvalue weighted by Gasteiger charge is 2.35. The number of anilines is 1. The van der Waals surface area contributed by atoms with Crippen molar-refractivity contribution < 1.29 is 9.59 Å². The number of piperazine rings is 1. The van der Waals surface area contributed by atoms with Gasteiger partial charge in [-0.05, 0) is 37.5 Å². The number of hydrogen-bond donors (Lipinski definition) is 0. The molecule has 0 saturated carbocycles. The van der Waals surface area contributed by atoms with Crippen LogP contribution in [-0.4, -0.2) is 60.9 Å². The Hall–Kier alpha value is -2.04. The lowest BCUT2D eigenvalue weighted by molar-refractivity contribution is -0.145. The fraction of sp³-hybridized carbons (Fsp3) is 0.636. The molecular formula is C22H33N3O2. The molecule has 2 saturated heterocycles. The van der Waals surface area contributed by atoms with Crippen molar-refractivity contribution in [3.63, 3.8) is 0 Å². The Bertz CT molecular complexity index is 687. The number of aryl methyl sites for hydroxylation is 1. The Labute approximate surface area is 163 Å². The van der Waals surface area contributed by atoms with Crippen molar-refractivity contribution in [1.82, 2.24) is 9.80 Å². The second-order valence-corrected chi connectivity index (χ2v) is 8.99. The Morgan fingerprint density at radius 1 is 1.00 bits per heavy atom. The van der Waals surface area contributed by atoms with Crippen LogP contribution in [0.15, 0.2) is 24.3 Å². The van der Waals surface area contributed by atoms with Crippen LogP contribution in [-0.2, 0) is 9.59 Å². The number of nitrogens with zero attached hydrogens (tertiary/aromatic N) is 3. The monoisotopic (exact) mass is 371 g/mol. The zero-order chi connectivity index (χ0) is 19.6. The smallest absolute Gasteiger partial charge is 0.227 e. The lowest BCUT2D eigenvalue weighted by Gasteiger charge is -2.40. The minimum absolute atomic E-state index is 0.0458. The highest BCUT2D eigenvalue weighted by Crippen LogP contribution is 2.25. The lowest BCUT2D eigenvalue weighted by atomic mass is 9.90. The Balaban J connectivity index is 1.56. The Kier molecular flexibility index (Phi) is 5.78. The molecule has 2 heterocycles. The topological polar surface area (TPSA) is 43.9 Å². The number of carbonyl (C=O) groups is 2. The van der Waals surface area contributed by atoms with Crippen LogP contribution in [0.4, 0.5) is 5.69 Å². The molecule has 2 amide bonds. The third kappa shape index (κ3) is 4.63. The van der Waals surface area contributed by atoms with Gasteiger partial charge in [0.15, 0.2) is 0 Å². The predicted octanol–water partition coefficient (Wildman–Crippen LogP) is 2.93. The summed E-state index contributed by atoms with van der Waals surface area (Å²) in [6, 6.07) is 8.54. The van der Waals surface area contributed by atoms with Crippen LogP contribution in [0.25, 0.3) is 0 Å². The Morgan fingerprint density at radius 2 is 1.70 bits per heavy atom. The van der Waals surface area contributed by atoms with Crippen LogP contribution >= 0.6 is 0 Å². The summed E-state index contributed by atoms with van der Waals surface area (Å²) >= 11 is 0. The van der Waals surface area contributed by atoms with Gasteiger partial charge in [0.05, 0.1) is 5.92 Å². The van der Waals surface area contributed by atoms with E-state index in [4.69, 9.17) is 0 Å². The first-order valence-electron chi connectivity index (χ1n) is 10.2. The minimum atomic E-state index is -0.385. The van der Waals surface area contributed by atoms with Crippen LogP contribution in [0, 0.1) is 18.3 Å². The first-order chi connectivity index (χ1) is 12.8. The van der Waals surface area contributed by atoms with E-state index >= 15 is 0 Å². The van der Waals surface area contributed by atoms with Crippen molar-refractivity contribution in [1.29, 1.82) is 0 Å². The van der Waals surface area contributed by atoms with Crippen LogP contribution in [0.1, 0.15) is 39.2 Å². The van der Waals surface area contributed by atoms with Gasteiger partial charge in [0.2, 0.25) is 11.8 Å². The second-order valence-electron chi connectivity index (χ2n) is 8.99. The summed E-state index contributed by atoms with van der Waals surface area (Å²) in [5, 5.41) is 0. The van der Waals surface area contributed by atoms with Crippen molar-refractivity contribution in [3.8, 4) is 0 Å². The normalized spacial score (nSPS) is 21.3. The average Bonchev–Trinajstić information content (AvgIpc) is 2.66. The summed E-state index contributed by atoms with van der Waals surface area (Å²) in [5.41, 5.74) is 2.11. The summed E-state index contributed by atoms with van der Waals surface area (Å²) in [6.45, 7) is 12.6. The molecule has 5 heteroatoms. The van der Waals surface area contributed by atoms with Gasteiger partial charge >= 0.3 is 0 Å². The number of rotatable bonds is 2. The molecule has 2 fully saturated rings. The molecule has 3 rings (SSSR count). The van der Waals surface area contributed by atoms with Gasteiger partial charge in [-0.15, -0.1) is 0 Å². The van der Waals surface area contributed by atoms with E-state index in [9.17, 15) is 9.59 Å². The van der Waals surface area contributed by atoms with Crippen LogP contribution in [0.3, 0.4) is 0 Å². The highest BCUT2D eigenvalue weighted by molar-refractivity contribution is 5.84. The fourth-order valence-corrected chi connectivity index (χ4v) is 4.11. The van der Waals surface area contributed by atoms with E-state index in [1.807, 2.05) is 30.6 Å². The zero-order valence-electron chi connectivity index (χ0n) is 17.2. The molecule has 1 aromatic rings. The number of carbonyl (C=O) groups excluding carboxylic acids is 2. The lowest BCUT2D eigenvalue weighted by Crippen LogP contribution is -2.54. The Morgan fingerprint density at radius 3 is 2.33 bits per heavy atom. The molecule has 27 heavy (non-hydrogen) atoms. The third-order valence-corrected chi connectivity index (χ3v) is 5.66. The molecule has 1 atom stereocenters. The standard InChI is InChI=1S/C22H33N3O2/c1-17-7-5-9-19(15-17)23-11-13-24(14-12-23)20(26)18-8-6-10-25(16-18)21(27)22(2,3)4/h5,7,9,15,18H,6,8,10-14,16H2,1-4H3. The van der Waals surface area contributed by atoms with E-state index < -0.39 is 0 Å². The fourth-order valence-electron chi connectivity index (χ4n) is 4.11. The molecule has 0 N–H and O–H groups in total. The van der Waals surface area contributed by atoms with Crippen LogP contribution in [0.2, 0.25) is 0 Å². The van der Waals surface area contributed by atoms with Gasteiger partial charge in [-0.3, -0.25) is 9.59 Å². The molecule has 0 bridgehead atoms. The maximum absolute atomic E-state index is 13.0. The first kappa shape index (κ1) is 19.7. The van der Waals surface area contributed by atoms with Crippen molar-refractivity contribution >= 4 is 17.5 Å². The van der Waals surface area contributed by atoms with Crippen LogP contribution in [0.5, 0.6) is 0 Å². The predicted molar refractivity (Wildman–Crippen MR) is 109 cm³/mol. The van der Waals surface area contributed by atoms with Crippen molar-refractivity contribution in [3.05, 3.63) is 29.8 Å². The highest BCUT2D eigenvalue weighted by atomic mass is 16.2. The summed E-state index contributed by atoms with van der Waals surface area (Å²) in [5.74, 6) is 0.338. The molecule has 1 aromatic carbocycles. The van der Waals surface area contributed by atoms with Crippen molar-refractivity contribution in [2.24, 2.45) is 11.3 Å². The number of amides is 2. The summed E-state index contributed by atoms with van der Waals surface area (Å²) in [6.07, 6.45) is 1.81. The molecule has 0 spiro atoms. The first-order valence-corrected chi connectivity index (χ1v) is 10.2.